The summed E-state index contributed by atoms with van der Waals surface area (Å²) in [6.07, 6.45) is -14.5. The summed E-state index contributed by atoms with van der Waals surface area (Å²) >= 11 is 0. The van der Waals surface area contributed by atoms with Crippen LogP contribution in [0.5, 0.6) is 0 Å². The van der Waals surface area contributed by atoms with Crippen molar-refractivity contribution in [2.75, 3.05) is 13.2 Å². The van der Waals surface area contributed by atoms with Gasteiger partial charge in [-0.25, -0.2) is 0 Å². The molecule has 0 bridgehead atoms. The lowest BCUT2D eigenvalue weighted by Crippen LogP contribution is -2.66. The van der Waals surface area contributed by atoms with Gasteiger partial charge in [0, 0.05) is 24.2 Å². The van der Waals surface area contributed by atoms with Crippen LogP contribution in [0.3, 0.4) is 0 Å². The average molecular weight is 885 g/mol. The Labute approximate surface area is 363 Å². The van der Waals surface area contributed by atoms with Crippen molar-refractivity contribution in [2.45, 2.75) is 209 Å². The maximum Gasteiger partial charge on any atom is 0.187 e. The standard InChI is InChI=1S/C45H72O17/c1-18-9-12-45(55-17-18)19(2)30-27(62-45)15-26-24-8-7-22-13-23(14-29(47)44(22,6)25(24)10-11-43(26,30)5)58-42-39(61-41-36(53)34(51)32(49)21(4)57-41)37(54)38(28(16-46)59-42)60-40-35(52)33(50)31(48)20(3)56-40/h7,18-21,23-42,46-54H,8-17H2,1-6H3. The third-order valence-electron chi connectivity index (χ3n) is 17.8. The summed E-state index contributed by atoms with van der Waals surface area (Å²) in [5.41, 5.74) is 0.702. The van der Waals surface area contributed by atoms with Gasteiger partial charge in [0.2, 0.25) is 0 Å². The van der Waals surface area contributed by atoms with E-state index in [2.05, 4.69) is 33.8 Å². The highest BCUT2D eigenvalue weighted by Gasteiger charge is 2.69. The van der Waals surface area contributed by atoms with Crippen LogP contribution in [0, 0.1) is 46.3 Å². The zero-order chi connectivity index (χ0) is 44.4. The summed E-state index contributed by atoms with van der Waals surface area (Å²) in [5.74, 6) is 1.87. The predicted octanol–water partition coefficient (Wildman–Crippen LogP) is 0.213. The van der Waals surface area contributed by atoms with E-state index in [4.69, 9.17) is 37.9 Å². The van der Waals surface area contributed by atoms with Gasteiger partial charge in [0.15, 0.2) is 24.7 Å². The van der Waals surface area contributed by atoms with Crippen LogP contribution in [0.4, 0.5) is 0 Å². The van der Waals surface area contributed by atoms with Crippen LogP contribution < -0.4 is 0 Å². The second kappa shape index (κ2) is 17.0. The van der Waals surface area contributed by atoms with E-state index in [1.807, 2.05) is 0 Å². The number of fused-ring (bicyclic) bond motifs is 7. The minimum absolute atomic E-state index is 0.106. The molecule has 3 saturated carbocycles. The van der Waals surface area contributed by atoms with Crippen molar-refractivity contribution in [3.8, 4) is 0 Å². The molecule has 62 heavy (non-hydrogen) atoms. The fourth-order valence-corrected chi connectivity index (χ4v) is 14.0. The summed E-state index contributed by atoms with van der Waals surface area (Å²) in [5, 5.41) is 98.2. The van der Waals surface area contributed by atoms with Crippen LogP contribution >= 0.6 is 0 Å². The Morgan fingerprint density at radius 2 is 1.34 bits per heavy atom. The molecule has 9 rings (SSSR count). The molecule has 27 atom stereocenters. The Kier molecular flexibility index (Phi) is 12.7. The van der Waals surface area contributed by atoms with E-state index in [-0.39, 0.29) is 23.9 Å². The van der Waals surface area contributed by atoms with E-state index in [0.29, 0.717) is 36.0 Å². The molecule has 9 N–H and O–H groups in total. The number of aliphatic hydroxyl groups excluding tert-OH is 9. The highest BCUT2D eigenvalue weighted by atomic mass is 16.8. The zero-order valence-corrected chi connectivity index (χ0v) is 36.8. The van der Waals surface area contributed by atoms with Crippen LogP contribution in [0.2, 0.25) is 0 Å². The van der Waals surface area contributed by atoms with E-state index in [1.54, 1.807) is 0 Å². The third kappa shape index (κ3) is 7.31. The maximum absolute atomic E-state index is 12.3. The number of ether oxygens (including phenoxy) is 8. The number of allylic oxidation sites excluding steroid dienone is 1. The topological polar surface area (TPSA) is 256 Å². The number of aliphatic hydroxyl groups is 9. The van der Waals surface area contributed by atoms with Crippen LogP contribution in [0.25, 0.3) is 0 Å². The quantitative estimate of drug-likeness (QED) is 0.155. The van der Waals surface area contributed by atoms with Crippen molar-refractivity contribution in [2.24, 2.45) is 46.3 Å². The second-order valence-corrected chi connectivity index (χ2v) is 21.1. The molecule has 0 radical (unpaired) electrons. The summed E-state index contributed by atoms with van der Waals surface area (Å²) in [6.45, 7) is 12.3. The molecule has 1 spiro atoms. The molecule has 27 unspecified atom stereocenters. The normalized spacial score (nSPS) is 58.9. The third-order valence-corrected chi connectivity index (χ3v) is 17.8. The molecule has 5 saturated heterocycles. The van der Waals surface area contributed by atoms with Gasteiger partial charge < -0.3 is 83.9 Å². The van der Waals surface area contributed by atoms with Gasteiger partial charge >= 0.3 is 0 Å². The SMILES string of the molecule is CC1CCC2(OC1)OC1CC3C4CC=C5CC(OC6OC(CO)C(OC7OC(C)C(O)C(O)C7O)C(O)C6OC6OC(C)C(O)C(O)C6O)CC(O)C5(C)C4CCC3(C)C1C2C. The molecule has 354 valence electrons. The summed E-state index contributed by atoms with van der Waals surface area (Å²) in [4.78, 5) is 0. The number of rotatable bonds is 7. The molecule has 8 fully saturated rings. The van der Waals surface area contributed by atoms with Crippen LogP contribution in [-0.2, 0) is 37.9 Å². The van der Waals surface area contributed by atoms with Gasteiger partial charge in [0.25, 0.3) is 0 Å². The molecule has 17 heteroatoms. The first-order valence-electron chi connectivity index (χ1n) is 23.3. The lowest BCUT2D eigenvalue weighted by molar-refractivity contribution is -0.389. The Balaban J connectivity index is 0.932. The van der Waals surface area contributed by atoms with Crippen molar-refractivity contribution in [3.63, 3.8) is 0 Å². The minimum Gasteiger partial charge on any atom is -0.394 e. The molecule has 5 aliphatic heterocycles. The highest BCUT2D eigenvalue weighted by molar-refractivity contribution is 5.28. The molecular weight excluding hydrogens is 812 g/mol. The summed E-state index contributed by atoms with van der Waals surface area (Å²) in [7, 11) is 0. The van der Waals surface area contributed by atoms with E-state index in [0.717, 1.165) is 50.7 Å². The van der Waals surface area contributed by atoms with Crippen LogP contribution in [-0.4, -0.2) is 175 Å². The Morgan fingerprint density at radius 1 is 0.694 bits per heavy atom. The minimum atomic E-state index is -1.75. The van der Waals surface area contributed by atoms with Crippen molar-refractivity contribution in [1.29, 1.82) is 0 Å². The zero-order valence-electron chi connectivity index (χ0n) is 36.8. The fourth-order valence-electron chi connectivity index (χ4n) is 14.0. The van der Waals surface area contributed by atoms with E-state index >= 15 is 0 Å². The van der Waals surface area contributed by atoms with E-state index in [9.17, 15) is 46.0 Å². The molecule has 5 heterocycles. The highest BCUT2D eigenvalue weighted by Crippen LogP contribution is 2.70. The Morgan fingerprint density at radius 3 is 1.95 bits per heavy atom. The molecule has 0 aromatic carbocycles. The van der Waals surface area contributed by atoms with Gasteiger partial charge in [-0.05, 0) is 87.4 Å². The summed E-state index contributed by atoms with van der Waals surface area (Å²) in [6, 6.07) is 0. The molecule has 17 nitrogen and oxygen atoms in total. The first-order chi connectivity index (χ1) is 29.3. The predicted molar refractivity (Wildman–Crippen MR) is 214 cm³/mol. The van der Waals surface area contributed by atoms with Crippen LogP contribution in [0.1, 0.15) is 92.9 Å². The van der Waals surface area contributed by atoms with Gasteiger partial charge in [-0.2, -0.15) is 0 Å². The molecule has 0 aromatic heterocycles. The van der Waals surface area contributed by atoms with Gasteiger partial charge in [-0.3, -0.25) is 0 Å². The van der Waals surface area contributed by atoms with Gasteiger partial charge in [0.05, 0.1) is 43.7 Å². The molecule has 4 aliphatic carbocycles. The van der Waals surface area contributed by atoms with E-state index < -0.39 is 122 Å². The largest absolute Gasteiger partial charge is 0.394 e. The Bertz CT molecular complexity index is 1630. The first-order valence-corrected chi connectivity index (χ1v) is 23.3. The van der Waals surface area contributed by atoms with Gasteiger partial charge in [0.1, 0.15) is 61.0 Å². The number of hydrogen-bond donors (Lipinski definition) is 9. The van der Waals surface area contributed by atoms with Crippen LogP contribution in [0.15, 0.2) is 11.6 Å². The molecular formula is C45H72O17. The van der Waals surface area contributed by atoms with Crippen molar-refractivity contribution < 1.29 is 83.9 Å². The molecule has 0 amide bonds. The fraction of sp³-hybridized carbons (Fsp3) is 0.956. The lowest BCUT2D eigenvalue weighted by atomic mass is 9.46. The summed E-state index contributed by atoms with van der Waals surface area (Å²) < 4.78 is 49.9. The number of hydrogen-bond acceptors (Lipinski definition) is 17. The van der Waals surface area contributed by atoms with E-state index in [1.165, 1.54) is 13.8 Å². The Hall–Kier alpha value is -0.940. The first kappa shape index (κ1) is 46.2. The lowest BCUT2D eigenvalue weighted by Gasteiger charge is -2.60. The van der Waals surface area contributed by atoms with Gasteiger partial charge in [-0.15, -0.1) is 0 Å². The monoisotopic (exact) mass is 884 g/mol. The van der Waals surface area contributed by atoms with Crippen molar-refractivity contribution >= 4 is 0 Å². The molecule has 0 aromatic rings. The smallest absolute Gasteiger partial charge is 0.187 e. The molecule has 9 aliphatic rings. The van der Waals surface area contributed by atoms with Crippen molar-refractivity contribution in [1.82, 2.24) is 0 Å². The van der Waals surface area contributed by atoms with Gasteiger partial charge in [-0.1, -0.05) is 39.3 Å². The maximum atomic E-state index is 12.3. The average Bonchev–Trinajstić information content (AvgIpc) is 3.69. The van der Waals surface area contributed by atoms with Crippen molar-refractivity contribution in [3.05, 3.63) is 11.6 Å². The second-order valence-electron chi connectivity index (χ2n) is 21.1.